The van der Waals surface area contributed by atoms with Crippen molar-refractivity contribution in [3.05, 3.63) is 12.3 Å². The van der Waals surface area contributed by atoms with E-state index in [1.54, 1.807) is 13.3 Å². The molecule has 1 aromatic rings. The first kappa shape index (κ1) is 11.9. The van der Waals surface area contributed by atoms with Crippen molar-refractivity contribution in [2.75, 3.05) is 30.7 Å². The second-order valence-electron chi connectivity index (χ2n) is 3.22. The van der Waals surface area contributed by atoms with Crippen LogP contribution in [0.25, 0.3) is 0 Å². The monoisotopic (exact) mass is 229 g/mol. The molecule has 1 atom stereocenters. The maximum atomic E-state index is 5.74. The standard InChI is InChI=1S/C10H16ClN3O/c1-7(5-11)14-9-4-8(15-3)6-13-10(9)12-2/h4,6-7,14H,5H2,1-3H3,(H,12,13). The molecule has 2 N–H and O–H groups in total. The fourth-order valence-electron chi connectivity index (χ4n) is 1.17. The van der Waals surface area contributed by atoms with Crippen LogP contribution in [0.3, 0.4) is 0 Å². The van der Waals surface area contributed by atoms with Gasteiger partial charge in [0.25, 0.3) is 0 Å². The lowest BCUT2D eigenvalue weighted by molar-refractivity contribution is 0.413. The Morgan fingerprint density at radius 3 is 2.87 bits per heavy atom. The van der Waals surface area contributed by atoms with E-state index in [-0.39, 0.29) is 6.04 Å². The van der Waals surface area contributed by atoms with Crippen molar-refractivity contribution in [2.24, 2.45) is 0 Å². The van der Waals surface area contributed by atoms with Crippen molar-refractivity contribution in [1.82, 2.24) is 4.98 Å². The number of ether oxygens (including phenoxy) is 1. The molecule has 1 aromatic heterocycles. The van der Waals surface area contributed by atoms with Crippen molar-refractivity contribution in [2.45, 2.75) is 13.0 Å². The van der Waals surface area contributed by atoms with Gasteiger partial charge in [0.05, 0.1) is 19.0 Å². The van der Waals surface area contributed by atoms with Crippen molar-refractivity contribution in [1.29, 1.82) is 0 Å². The zero-order valence-corrected chi connectivity index (χ0v) is 9.93. The van der Waals surface area contributed by atoms with Crippen LogP contribution in [-0.4, -0.2) is 31.1 Å². The second-order valence-corrected chi connectivity index (χ2v) is 3.53. The largest absolute Gasteiger partial charge is 0.495 e. The van der Waals surface area contributed by atoms with Gasteiger partial charge in [0.1, 0.15) is 11.6 Å². The van der Waals surface area contributed by atoms with Gasteiger partial charge in [-0.3, -0.25) is 0 Å². The lowest BCUT2D eigenvalue weighted by Crippen LogP contribution is -2.17. The van der Waals surface area contributed by atoms with E-state index in [2.05, 4.69) is 15.6 Å². The van der Waals surface area contributed by atoms with E-state index in [1.165, 1.54) is 0 Å². The van der Waals surface area contributed by atoms with Gasteiger partial charge in [-0.05, 0) is 6.92 Å². The van der Waals surface area contributed by atoms with E-state index in [9.17, 15) is 0 Å². The van der Waals surface area contributed by atoms with Crippen LogP contribution in [-0.2, 0) is 0 Å². The Morgan fingerprint density at radius 2 is 2.33 bits per heavy atom. The van der Waals surface area contributed by atoms with E-state index in [0.29, 0.717) is 5.88 Å². The number of halogens is 1. The fourth-order valence-corrected chi connectivity index (χ4v) is 1.25. The highest BCUT2D eigenvalue weighted by molar-refractivity contribution is 6.18. The zero-order chi connectivity index (χ0) is 11.3. The molecule has 1 heterocycles. The molecule has 0 aliphatic rings. The van der Waals surface area contributed by atoms with Crippen LogP contribution in [0.4, 0.5) is 11.5 Å². The summed E-state index contributed by atoms with van der Waals surface area (Å²) in [4.78, 5) is 4.21. The van der Waals surface area contributed by atoms with Crippen LogP contribution in [0.5, 0.6) is 5.75 Å². The van der Waals surface area contributed by atoms with E-state index >= 15 is 0 Å². The summed E-state index contributed by atoms with van der Waals surface area (Å²) in [6.45, 7) is 2.01. The smallest absolute Gasteiger partial charge is 0.149 e. The number of methoxy groups -OCH3 is 1. The first-order valence-electron chi connectivity index (χ1n) is 4.75. The lowest BCUT2D eigenvalue weighted by atomic mass is 10.3. The number of pyridine rings is 1. The number of anilines is 2. The van der Waals surface area contributed by atoms with Gasteiger partial charge in [0, 0.05) is 25.0 Å². The zero-order valence-electron chi connectivity index (χ0n) is 9.17. The van der Waals surface area contributed by atoms with Crippen LogP contribution in [0.15, 0.2) is 12.3 Å². The number of hydrogen-bond acceptors (Lipinski definition) is 4. The molecular weight excluding hydrogens is 214 g/mol. The third-order valence-corrected chi connectivity index (χ3v) is 2.43. The van der Waals surface area contributed by atoms with Gasteiger partial charge in [-0.15, -0.1) is 11.6 Å². The Balaban J connectivity index is 2.90. The first-order chi connectivity index (χ1) is 7.21. The molecule has 0 amide bonds. The van der Waals surface area contributed by atoms with E-state index in [0.717, 1.165) is 17.3 Å². The van der Waals surface area contributed by atoms with Crippen molar-refractivity contribution >= 4 is 23.1 Å². The summed E-state index contributed by atoms with van der Waals surface area (Å²) in [6.07, 6.45) is 1.67. The molecule has 0 aliphatic carbocycles. The van der Waals surface area contributed by atoms with Crippen LogP contribution in [0.1, 0.15) is 6.92 Å². The number of nitrogens with one attached hydrogen (secondary N) is 2. The molecule has 0 saturated carbocycles. The summed E-state index contributed by atoms with van der Waals surface area (Å²) in [5.74, 6) is 2.05. The van der Waals surface area contributed by atoms with Crippen LogP contribution < -0.4 is 15.4 Å². The second kappa shape index (κ2) is 5.66. The molecule has 1 unspecified atom stereocenters. The summed E-state index contributed by atoms with van der Waals surface area (Å²) in [7, 11) is 3.44. The van der Waals surface area contributed by atoms with Gasteiger partial charge in [-0.25, -0.2) is 4.98 Å². The minimum atomic E-state index is 0.188. The Bertz CT molecular complexity index is 320. The molecule has 0 radical (unpaired) electrons. The highest BCUT2D eigenvalue weighted by atomic mass is 35.5. The first-order valence-corrected chi connectivity index (χ1v) is 5.29. The molecule has 15 heavy (non-hydrogen) atoms. The summed E-state index contributed by atoms with van der Waals surface area (Å²) in [6, 6.07) is 2.08. The van der Waals surface area contributed by atoms with E-state index in [1.807, 2.05) is 20.0 Å². The number of rotatable bonds is 5. The number of hydrogen-bond donors (Lipinski definition) is 2. The van der Waals surface area contributed by atoms with Crippen LogP contribution >= 0.6 is 11.6 Å². The lowest BCUT2D eigenvalue weighted by Gasteiger charge is -2.15. The molecule has 4 nitrogen and oxygen atoms in total. The third-order valence-electron chi connectivity index (χ3n) is 1.97. The average molecular weight is 230 g/mol. The maximum Gasteiger partial charge on any atom is 0.149 e. The quantitative estimate of drug-likeness (QED) is 0.760. The summed E-state index contributed by atoms with van der Waals surface area (Å²) < 4.78 is 5.11. The molecule has 0 aromatic carbocycles. The highest BCUT2D eigenvalue weighted by Gasteiger charge is 2.07. The molecule has 0 spiro atoms. The van der Waals surface area contributed by atoms with Crippen LogP contribution in [0, 0.1) is 0 Å². The predicted molar refractivity (Wildman–Crippen MR) is 64.1 cm³/mol. The molecule has 0 aliphatic heterocycles. The average Bonchev–Trinajstić information content (AvgIpc) is 2.28. The topological polar surface area (TPSA) is 46.2 Å². The normalized spacial score (nSPS) is 12.0. The fraction of sp³-hybridized carbons (Fsp3) is 0.500. The third kappa shape index (κ3) is 3.16. The number of nitrogens with zero attached hydrogens (tertiary/aromatic N) is 1. The van der Waals surface area contributed by atoms with Crippen molar-refractivity contribution < 1.29 is 4.74 Å². The molecule has 84 valence electrons. The number of alkyl halides is 1. The summed E-state index contributed by atoms with van der Waals surface area (Å²) in [5, 5.41) is 6.25. The maximum absolute atomic E-state index is 5.74. The van der Waals surface area contributed by atoms with Gasteiger partial charge < -0.3 is 15.4 Å². The Morgan fingerprint density at radius 1 is 1.60 bits per heavy atom. The molecular formula is C10H16ClN3O. The Kier molecular flexibility index (Phi) is 4.49. The van der Waals surface area contributed by atoms with Gasteiger partial charge in [-0.2, -0.15) is 0 Å². The van der Waals surface area contributed by atoms with E-state index < -0.39 is 0 Å². The molecule has 0 saturated heterocycles. The van der Waals surface area contributed by atoms with Crippen molar-refractivity contribution in [3.8, 4) is 5.75 Å². The highest BCUT2D eigenvalue weighted by Crippen LogP contribution is 2.24. The summed E-state index contributed by atoms with van der Waals surface area (Å²) >= 11 is 5.74. The predicted octanol–water partition coefficient (Wildman–Crippen LogP) is 2.17. The molecule has 5 heteroatoms. The minimum absolute atomic E-state index is 0.188. The van der Waals surface area contributed by atoms with Gasteiger partial charge >= 0.3 is 0 Å². The SMILES string of the molecule is CNc1ncc(OC)cc1NC(C)CCl. The Labute approximate surface area is 95.0 Å². The van der Waals surface area contributed by atoms with Gasteiger partial charge in [0.15, 0.2) is 0 Å². The van der Waals surface area contributed by atoms with Crippen molar-refractivity contribution in [3.63, 3.8) is 0 Å². The summed E-state index contributed by atoms with van der Waals surface area (Å²) in [5.41, 5.74) is 0.894. The molecule has 0 bridgehead atoms. The van der Waals surface area contributed by atoms with Crippen LogP contribution in [0.2, 0.25) is 0 Å². The van der Waals surface area contributed by atoms with Gasteiger partial charge in [0.2, 0.25) is 0 Å². The Hall–Kier alpha value is -1.16. The minimum Gasteiger partial charge on any atom is -0.495 e. The molecule has 1 rings (SSSR count). The van der Waals surface area contributed by atoms with E-state index in [4.69, 9.17) is 16.3 Å². The van der Waals surface area contributed by atoms with Gasteiger partial charge in [-0.1, -0.05) is 0 Å². The molecule has 0 fully saturated rings. The number of aromatic nitrogens is 1.